The number of aromatic nitrogens is 4. The lowest BCUT2D eigenvalue weighted by atomic mass is 10.2. The highest BCUT2D eigenvalue weighted by Gasteiger charge is 2.14. The van der Waals surface area contributed by atoms with Crippen molar-refractivity contribution in [1.29, 1.82) is 0 Å². The SMILES string of the molecule is O=C(Nc1nnc2ccccn12)c1csc(Cc2ccccc2)n1. The summed E-state index contributed by atoms with van der Waals surface area (Å²) < 4.78 is 1.72. The van der Waals surface area contributed by atoms with Crippen molar-refractivity contribution in [2.45, 2.75) is 6.42 Å². The standard InChI is InChI=1S/C17H13N5OS/c23-16(19-17-21-20-14-8-4-5-9-22(14)17)13-11-24-15(18-13)10-12-6-2-1-3-7-12/h1-9,11H,10H2,(H,19,21,23). The normalized spacial score (nSPS) is 10.8. The molecule has 1 amide bonds. The number of carbonyl (C=O) groups excluding carboxylic acids is 1. The number of hydrogen-bond donors (Lipinski definition) is 1. The van der Waals surface area contributed by atoms with E-state index in [-0.39, 0.29) is 5.91 Å². The molecule has 0 radical (unpaired) electrons. The van der Waals surface area contributed by atoms with E-state index in [2.05, 4.69) is 20.5 Å². The highest BCUT2D eigenvalue weighted by atomic mass is 32.1. The summed E-state index contributed by atoms with van der Waals surface area (Å²) in [4.78, 5) is 16.8. The van der Waals surface area contributed by atoms with E-state index >= 15 is 0 Å². The van der Waals surface area contributed by atoms with Crippen LogP contribution in [0.3, 0.4) is 0 Å². The first kappa shape index (κ1) is 14.5. The van der Waals surface area contributed by atoms with Crippen molar-refractivity contribution < 1.29 is 4.79 Å². The maximum Gasteiger partial charge on any atom is 0.277 e. The van der Waals surface area contributed by atoms with Crippen molar-refractivity contribution in [2.24, 2.45) is 0 Å². The van der Waals surface area contributed by atoms with Gasteiger partial charge in [-0.3, -0.25) is 14.5 Å². The summed E-state index contributed by atoms with van der Waals surface area (Å²) >= 11 is 1.47. The van der Waals surface area contributed by atoms with Crippen LogP contribution in [0.1, 0.15) is 21.1 Å². The molecule has 4 aromatic rings. The zero-order valence-electron chi connectivity index (χ0n) is 12.6. The molecule has 6 nitrogen and oxygen atoms in total. The summed E-state index contributed by atoms with van der Waals surface area (Å²) in [6, 6.07) is 15.6. The lowest BCUT2D eigenvalue weighted by Crippen LogP contribution is -2.14. The molecule has 0 bridgehead atoms. The van der Waals surface area contributed by atoms with E-state index in [9.17, 15) is 4.79 Å². The molecule has 0 aliphatic rings. The van der Waals surface area contributed by atoms with Crippen LogP contribution < -0.4 is 5.32 Å². The third kappa shape index (κ3) is 2.89. The van der Waals surface area contributed by atoms with Gasteiger partial charge in [-0.05, 0) is 17.7 Å². The quantitative estimate of drug-likeness (QED) is 0.622. The van der Waals surface area contributed by atoms with Crippen LogP contribution in [-0.2, 0) is 6.42 Å². The van der Waals surface area contributed by atoms with Gasteiger partial charge < -0.3 is 0 Å². The van der Waals surface area contributed by atoms with Gasteiger partial charge >= 0.3 is 0 Å². The Morgan fingerprint density at radius 2 is 1.92 bits per heavy atom. The number of rotatable bonds is 4. The molecule has 0 atom stereocenters. The van der Waals surface area contributed by atoms with Crippen LogP contribution in [0.4, 0.5) is 5.95 Å². The number of amides is 1. The fourth-order valence-corrected chi connectivity index (χ4v) is 3.17. The van der Waals surface area contributed by atoms with Gasteiger partial charge in [0.05, 0.1) is 5.01 Å². The predicted octanol–water partition coefficient (Wildman–Crippen LogP) is 3.03. The average Bonchev–Trinajstić information content (AvgIpc) is 3.24. The topological polar surface area (TPSA) is 72.2 Å². The molecule has 1 aromatic carbocycles. The molecule has 0 aliphatic carbocycles. The zero-order chi connectivity index (χ0) is 16.4. The van der Waals surface area contributed by atoms with Crippen molar-refractivity contribution in [3.63, 3.8) is 0 Å². The zero-order valence-corrected chi connectivity index (χ0v) is 13.4. The lowest BCUT2D eigenvalue weighted by Gasteiger charge is -2.00. The second-order valence-electron chi connectivity index (χ2n) is 5.20. The molecule has 0 saturated carbocycles. The van der Waals surface area contributed by atoms with Crippen molar-refractivity contribution in [2.75, 3.05) is 5.32 Å². The lowest BCUT2D eigenvalue weighted by molar-refractivity contribution is 0.102. The minimum Gasteiger partial charge on any atom is -0.289 e. The molecule has 24 heavy (non-hydrogen) atoms. The second-order valence-corrected chi connectivity index (χ2v) is 6.14. The van der Waals surface area contributed by atoms with E-state index in [0.29, 0.717) is 23.7 Å². The van der Waals surface area contributed by atoms with Crippen LogP contribution in [0, 0.1) is 0 Å². The van der Waals surface area contributed by atoms with Gasteiger partial charge in [-0.1, -0.05) is 36.4 Å². The number of pyridine rings is 1. The van der Waals surface area contributed by atoms with Crippen molar-refractivity contribution in [3.8, 4) is 0 Å². The first-order valence-electron chi connectivity index (χ1n) is 7.39. The number of carbonyl (C=O) groups is 1. The van der Waals surface area contributed by atoms with Crippen LogP contribution in [0.5, 0.6) is 0 Å². The summed E-state index contributed by atoms with van der Waals surface area (Å²) in [6.45, 7) is 0. The Kier molecular flexibility index (Phi) is 3.76. The molecule has 0 unspecified atom stereocenters. The fourth-order valence-electron chi connectivity index (χ4n) is 2.36. The van der Waals surface area contributed by atoms with E-state index in [1.807, 2.05) is 48.5 Å². The summed E-state index contributed by atoms with van der Waals surface area (Å²) in [5, 5.41) is 13.4. The molecular formula is C17H13N5OS. The summed E-state index contributed by atoms with van der Waals surface area (Å²) in [5.74, 6) is 0.0944. The molecule has 4 rings (SSSR count). The fraction of sp³-hybridized carbons (Fsp3) is 0.0588. The number of anilines is 1. The first-order chi connectivity index (χ1) is 11.8. The van der Waals surface area contributed by atoms with Gasteiger partial charge in [0.15, 0.2) is 5.65 Å². The third-order valence-electron chi connectivity index (χ3n) is 3.52. The number of nitrogens with zero attached hydrogens (tertiary/aromatic N) is 4. The molecule has 0 spiro atoms. The van der Waals surface area contributed by atoms with Gasteiger partial charge in [0.25, 0.3) is 5.91 Å². The molecule has 118 valence electrons. The average molecular weight is 335 g/mol. The van der Waals surface area contributed by atoms with Crippen molar-refractivity contribution in [1.82, 2.24) is 19.6 Å². The molecule has 3 aromatic heterocycles. The number of thiazole rings is 1. The minimum atomic E-state index is -0.288. The summed E-state index contributed by atoms with van der Waals surface area (Å²) in [7, 11) is 0. The van der Waals surface area contributed by atoms with Gasteiger partial charge in [-0.15, -0.1) is 21.5 Å². The van der Waals surface area contributed by atoms with Gasteiger partial charge in [-0.25, -0.2) is 4.98 Å². The summed E-state index contributed by atoms with van der Waals surface area (Å²) in [5.41, 5.74) is 2.23. The Bertz CT molecular complexity index is 992. The molecule has 0 aliphatic heterocycles. The van der Waals surface area contributed by atoms with E-state index in [0.717, 1.165) is 5.01 Å². The Hall–Kier alpha value is -3.06. The summed E-state index contributed by atoms with van der Waals surface area (Å²) in [6.07, 6.45) is 2.51. The van der Waals surface area contributed by atoms with Gasteiger partial charge in [0.2, 0.25) is 5.95 Å². The number of fused-ring (bicyclic) bond motifs is 1. The Morgan fingerprint density at radius 3 is 2.79 bits per heavy atom. The van der Waals surface area contributed by atoms with E-state index in [1.54, 1.807) is 16.0 Å². The smallest absolute Gasteiger partial charge is 0.277 e. The van der Waals surface area contributed by atoms with Gasteiger partial charge in [0, 0.05) is 18.0 Å². The van der Waals surface area contributed by atoms with Crippen LogP contribution in [0.25, 0.3) is 5.65 Å². The van der Waals surface area contributed by atoms with E-state index < -0.39 is 0 Å². The Labute approximate surface area is 141 Å². The predicted molar refractivity (Wildman–Crippen MR) is 92.3 cm³/mol. The maximum absolute atomic E-state index is 12.4. The number of benzene rings is 1. The van der Waals surface area contributed by atoms with Crippen LogP contribution in [0.2, 0.25) is 0 Å². The van der Waals surface area contributed by atoms with Gasteiger partial charge in [0.1, 0.15) is 5.69 Å². The third-order valence-corrected chi connectivity index (χ3v) is 4.37. The molecule has 7 heteroatoms. The molecule has 0 saturated heterocycles. The Balaban J connectivity index is 1.51. The largest absolute Gasteiger partial charge is 0.289 e. The minimum absolute atomic E-state index is 0.288. The van der Waals surface area contributed by atoms with E-state index in [1.165, 1.54) is 16.9 Å². The van der Waals surface area contributed by atoms with Crippen LogP contribution in [0.15, 0.2) is 60.1 Å². The van der Waals surface area contributed by atoms with Crippen molar-refractivity contribution in [3.05, 3.63) is 76.4 Å². The molecule has 1 N–H and O–H groups in total. The first-order valence-corrected chi connectivity index (χ1v) is 8.27. The molecule has 3 heterocycles. The number of hydrogen-bond acceptors (Lipinski definition) is 5. The monoisotopic (exact) mass is 335 g/mol. The van der Waals surface area contributed by atoms with Crippen LogP contribution in [-0.4, -0.2) is 25.5 Å². The van der Waals surface area contributed by atoms with Crippen molar-refractivity contribution >= 4 is 28.8 Å². The second kappa shape index (κ2) is 6.21. The Morgan fingerprint density at radius 1 is 1.08 bits per heavy atom. The van der Waals surface area contributed by atoms with E-state index in [4.69, 9.17) is 0 Å². The van der Waals surface area contributed by atoms with Gasteiger partial charge in [-0.2, -0.15) is 0 Å². The highest BCUT2D eigenvalue weighted by molar-refractivity contribution is 7.09. The highest BCUT2D eigenvalue weighted by Crippen LogP contribution is 2.16. The van der Waals surface area contributed by atoms with Crippen LogP contribution >= 0.6 is 11.3 Å². The maximum atomic E-state index is 12.4. The number of nitrogens with one attached hydrogen (secondary N) is 1. The molecular weight excluding hydrogens is 322 g/mol. The molecule has 0 fully saturated rings.